The maximum absolute atomic E-state index is 4.23. The zero-order valence-electron chi connectivity index (χ0n) is 5.37. The lowest BCUT2D eigenvalue weighted by molar-refractivity contribution is 1.12. The Morgan fingerprint density at radius 2 is 2.00 bits per heavy atom. The second kappa shape index (κ2) is 5.10. The van der Waals surface area contributed by atoms with Crippen molar-refractivity contribution in [2.75, 3.05) is 11.5 Å². The first kappa shape index (κ1) is 10.4. The monoisotopic (exact) mass is 200 g/mol. The summed E-state index contributed by atoms with van der Waals surface area (Å²) in [6.45, 7) is 1.97. The van der Waals surface area contributed by atoms with Crippen molar-refractivity contribution in [2.24, 2.45) is 0 Å². The highest BCUT2D eigenvalue weighted by atomic mass is 32.2. The van der Waals surface area contributed by atoms with Crippen LogP contribution in [0, 0.1) is 0 Å². The fraction of sp³-hybridized carbons (Fsp3) is 1.00. The topological polar surface area (TPSA) is 0 Å². The Hall–Kier alpha value is 1.40. The first-order chi connectivity index (χ1) is 4.06. The molecule has 0 aliphatic heterocycles. The zero-order chi connectivity index (χ0) is 7.33. The van der Waals surface area contributed by atoms with Gasteiger partial charge in [0.05, 0.1) is 3.41 Å². The molecule has 0 aromatic rings. The van der Waals surface area contributed by atoms with Crippen LogP contribution in [-0.2, 0) is 0 Å². The van der Waals surface area contributed by atoms with Crippen molar-refractivity contribution in [3.63, 3.8) is 0 Å². The maximum atomic E-state index is 4.23. The van der Waals surface area contributed by atoms with Gasteiger partial charge in [-0.05, 0) is 24.9 Å². The fourth-order valence-corrected chi connectivity index (χ4v) is 1.93. The van der Waals surface area contributed by atoms with Crippen molar-refractivity contribution in [3.8, 4) is 0 Å². The van der Waals surface area contributed by atoms with Crippen LogP contribution in [0.3, 0.4) is 0 Å². The first-order valence-corrected chi connectivity index (χ1v) is 5.27. The van der Waals surface area contributed by atoms with E-state index in [0.29, 0.717) is 0 Å². The molecule has 9 heavy (non-hydrogen) atoms. The molecule has 0 spiro atoms. The molecule has 4 heteroatoms. The average molecular weight is 200 g/mol. The quantitative estimate of drug-likeness (QED) is 0.356. The Kier molecular flexibility index (Phi) is 5.90. The van der Waals surface area contributed by atoms with Gasteiger partial charge in [-0.2, -0.15) is 37.9 Å². The van der Waals surface area contributed by atoms with Crippen LogP contribution >= 0.6 is 49.6 Å². The van der Waals surface area contributed by atoms with Gasteiger partial charge >= 0.3 is 0 Å². The molecule has 0 heterocycles. The van der Waals surface area contributed by atoms with Crippen LogP contribution < -0.4 is 0 Å². The van der Waals surface area contributed by atoms with Gasteiger partial charge in [0.15, 0.2) is 0 Å². The minimum absolute atomic E-state index is 0.178. The molecule has 56 valence electrons. The van der Waals surface area contributed by atoms with E-state index in [-0.39, 0.29) is 3.41 Å². The molecular weight excluding hydrogens is 188 g/mol. The van der Waals surface area contributed by atoms with Gasteiger partial charge in [0.25, 0.3) is 0 Å². The van der Waals surface area contributed by atoms with Crippen LogP contribution in [0.4, 0.5) is 0 Å². The van der Waals surface area contributed by atoms with Crippen molar-refractivity contribution >= 4 is 49.6 Å². The summed E-state index contributed by atoms with van der Waals surface area (Å²) in [6, 6.07) is 0. The van der Waals surface area contributed by atoms with Gasteiger partial charge in [0.2, 0.25) is 0 Å². The smallest absolute Gasteiger partial charge is 0.0980 e. The van der Waals surface area contributed by atoms with Gasteiger partial charge in [-0.15, -0.1) is 11.8 Å². The lowest BCUT2D eigenvalue weighted by Crippen LogP contribution is -2.00. The van der Waals surface area contributed by atoms with E-state index in [1.807, 2.05) is 6.92 Å². The molecule has 0 nitrogen and oxygen atoms in total. The van der Waals surface area contributed by atoms with E-state index in [4.69, 9.17) is 0 Å². The van der Waals surface area contributed by atoms with Crippen LogP contribution in [0.2, 0.25) is 0 Å². The number of hydrogen-bond acceptors (Lipinski definition) is 4. The number of rotatable bonds is 4. The largest absolute Gasteiger partial charge is 0.179 e. The van der Waals surface area contributed by atoms with Crippen molar-refractivity contribution in [1.82, 2.24) is 0 Å². The highest BCUT2D eigenvalue weighted by Crippen LogP contribution is 2.32. The highest BCUT2D eigenvalue weighted by molar-refractivity contribution is 8.23. The molecule has 0 rings (SSSR count). The first-order valence-electron chi connectivity index (χ1n) is 2.76. The molecule has 0 saturated carbocycles. The summed E-state index contributed by atoms with van der Waals surface area (Å²) in [6.07, 6.45) is 1.13. The Labute approximate surface area is 77.8 Å². The van der Waals surface area contributed by atoms with Crippen molar-refractivity contribution < 1.29 is 0 Å². The maximum Gasteiger partial charge on any atom is 0.0980 e. The molecule has 0 aliphatic rings. The predicted molar refractivity (Wildman–Crippen MR) is 57.3 cm³/mol. The van der Waals surface area contributed by atoms with Gasteiger partial charge in [0.1, 0.15) is 0 Å². The lowest BCUT2D eigenvalue weighted by atomic mass is 10.6. The van der Waals surface area contributed by atoms with Crippen LogP contribution in [0.5, 0.6) is 0 Å². The van der Waals surface area contributed by atoms with Crippen molar-refractivity contribution in [2.45, 2.75) is 16.8 Å². The second-order valence-electron chi connectivity index (χ2n) is 1.86. The van der Waals surface area contributed by atoms with Crippen molar-refractivity contribution in [1.29, 1.82) is 0 Å². The Balaban J connectivity index is 3.07. The predicted octanol–water partition coefficient (Wildman–Crippen LogP) is 2.57. The van der Waals surface area contributed by atoms with Crippen molar-refractivity contribution in [3.05, 3.63) is 0 Å². The average Bonchev–Trinajstić information content (AvgIpc) is 1.63. The van der Waals surface area contributed by atoms with Crippen LogP contribution in [-0.4, -0.2) is 14.9 Å². The normalized spacial score (nSPS) is 12.0. The summed E-state index contributed by atoms with van der Waals surface area (Å²) in [5.74, 6) is 2.04. The highest BCUT2D eigenvalue weighted by Gasteiger charge is 2.10. The third kappa shape index (κ3) is 9.40. The molecule has 0 fully saturated rings. The molecule has 0 radical (unpaired) electrons. The summed E-state index contributed by atoms with van der Waals surface area (Å²) < 4.78 is -0.178. The van der Waals surface area contributed by atoms with Crippen LogP contribution in [0.1, 0.15) is 13.3 Å². The number of thioether (sulfide) groups is 1. The minimum Gasteiger partial charge on any atom is -0.179 e. The van der Waals surface area contributed by atoms with E-state index >= 15 is 0 Å². The molecule has 0 atom stereocenters. The summed E-state index contributed by atoms with van der Waals surface area (Å²) in [5.41, 5.74) is 0. The van der Waals surface area contributed by atoms with E-state index in [1.54, 1.807) is 11.8 Å². The summed E-state index contributed by atoms with van der Waals surface area (Å²) in [5, 5.41) is 0. The van der Waals surface area contributed by atoms with E-state index in [0.717, 1.165) is 17.9 Å². The minimum atomic E-state index is -0.178. The van der Waals surface area contributed by atoms with Gasteiger partial charge < -0.3 is 0 Å². The van der Waals surface area contributed by atoms with E-state index in [1.165, 1.54) is 0 Å². The van der Waals surface area contributed by atoms with Gasteiger partial charge in [-0.3, -0.25) is 0 Å². The van der Waals surface area contributed by atoms with Crippen LogP contribution in [0.25, 0.3) is 0 Å². The van der Waals surface area contributed by atoms with E-state index in [9.17, 15) is 0 Å². The molecule has 0 saturated heterocycles. The molecule has 0 unspecified atom stereocenters. The molecule has 0 aliphatic carbocycles. The standard InChI is InChI=1S/C5H12S4/c1-5(7,8)9-4-2-3-6/h6-8H,2-4H2,1H3. The third-order valence-corrected chi connectivity index (χ3v) is 2.81. The Bertz CT molecular complexity index is 65.8. The number of thiol groups is 3. The SMILES string of the molecule is CC(S)(S)SCCCS. The zero-order valence-corrected chi connectivity index (χ0v) is 8.87. The summed E-state index contributed by atoms with van der Waals surface area (Å²) in [7, 11) is 0. The number of hydrogen-bond donors (Lipinski definition) is 3. The molecular formula is C5H12S4. The Morgan fingerprint density at radius 3 is 2.33 bits per heavy atom. The Morgan fingerprint density at radius 1 is 1.44 bits per heavy atom. The molecule has 0 bridgehead atoms. The molecule has 0 aromatic heterocycles. The third-order valence-electron chi connectivity index (χ3n) is 0.678. The fourth-order valence-electron chi connectivity index (χ4n) is 0.330. The summed E-state index contributed by atoms with van der Waals surface area (Å²) in [4.78, 5) is 0. The summed E-state index contributed by atoms with van der Waals surface area (Å²) >= 11 is 14.3. The van der Waals surface area contributed by atoms with E-state index in [2.05, 4.69) is 37.9 Å². The lowest BCUT2D eigenvalue weighted by Gasteiger charge is -2.14. The molecule has 0 N–H and O–H groups in total. The van der Waals surface area contributed by atoms with E-state index < -0.39 is 0 Å². The second-order valence-corrected chi connectivity index (χ2v) is 6.57. The van der Waals surface area contributed by atoms with Gasteiger partial charge in [0, 0.05) is 0 Å². The molecule has 0 amide bonds. The van der Waals surface area contributed by atoms with Crippen LogP contribution in [0.15, 0.2) is 0 Å². The van der Waals surface area contributed by atoms with Gasteiger partial charge in [-0.1, -0.05) is 0 Å². The molecule has 0 aromatic carbocycles. The van der Waals surface area contributed by atoms with Gasteiger partial charge in [-0.25, -0.2) is 0 Å².